The molecule has 7 heteroatoms. The second-order valence-corrected chi connectivity index (χ2v) is 10.3. The molecule has 0 aliphatic carbocycles. The highest BCUT2D eigenvalue weighted by atomic mass is 32.2. The number of nitrogens with zero attached hydrogens (tertiary/aromatic N) is 1. The van der Waals surface area contributed by atoms with Crippen molar-refractivity contribution < 1.29 is 22.7 Å². The van der Waals surface area contributed by atoms with Gasteiger partial charge in [-0.3, -0.25) is 4.79 Å². The first-order valence-corrected chi connectivity index (χ1v) is 12.5. The maximum absolute atomic E-state index is 13.1. The van der Waals surface area contributed by atoms with E-state index < -0.39 is 9.84 Å². The van der Waals surface area contributed by atoms with Gasteiger partial charge < -0.3 is 14.4 Å². The molecule has 1 aliphatic heterocycles. The molecule has 0 spiro atoms. The Hall–Kier alpha value is -2.54. The summed E-state index contributed by atoms with van der Waals surface area (Å²) in [5.74, 6) is 1.31. The van der Waals surface area contributed by atoms with E-state index in [4.69, 9.17) is 9.47 Å². The highest BCUT2D eigenvalue weighted by Gasteiger charge is 2.34. The molecule has 0 N–H and O–H groups in total. The fourth-order valence-corrected chi connectivity index (χ4v) is 5.31. The van der Waals surface area contributed by atoms with Crippen molar-refractivity contribution in [2.75, 3.05) is 24.7 Å². The molecule has 2 aromatic carbocycles. The number of aryl methyl sites for hydroxylation is 2. The molecule has 0 bridgehead atoms. The molecule has 1 fully saturated rings. The summed E-state index contributed by atoms with van der Waals surface area (Å²) < 4.78 is 35.4. The van der Waals surface area contributed by atoms with Crippen molar-refractivity contribution in [1.29, 1.82) is 0 Å². The molecule has 0 saturated carbocycles. The molecule has 3 rings (SSSR count). The summed E-state index contributed by atoms with van der Waals surface area (Å²) in [6.45, 7) is 6.92. The third kappa shape index (κ3) is 6.47. The maximum atomic E-state index is 13.1. The Bertz CT molecular complexity index is 1000. The van der Waals surface area contributed by atoms with Crippen LogP contribution in [0.3, 0.4) is 0 Å². The number of hydrogen-bond acceptors (Lipinski definition) is 5. The van der Waals surface area contributed by atoms with E-state index >= 15 is 0 Å². The zero-order valence-corrected chi connectivity index (χ0v) is 19.3. The van der Waals surface area contributed by atoms with E-state index in [1.165, 1.54) is 0 Å². The Morgan fingerprint density at radius 1 is 1.03 bits per heavy atom. The molecule has 6 nitrogen and oxygen atoms in total. The van der Waals surface area contributed by atoms with Gasteiger partial charge in [0.05, 0.1) is 18.1 Å². The largest absolute Gasteiger partial charge is 0.494 e. The zero-order valence-electron chi connectivity index (χ0n) is 18.5. The molecule has 1 heterocycles. The van der Waals surface area contributed by atoms with Crippen molar-refractivity contribution in [3.8, 4) is 11.5 Å². The number of carbonyl (C=O) groups is 1. The van der Waals surface area contributed by atoms with Gasteiger partial charge in [-0.25, -0.2) is 8.42 Å². The van der Waals surface area contributed by atoms with Crippen LogP contribution < -0.4 is 9.47 Å². The Morgan fingerprint density at radius 3 is 2.35 bits per heavy atom. The third-order valence-electron chi connectivity index (χ3n) is 5.56. The molecule has 1 aliphatic rings. The lowest BCUT2D eigenvalue weighted by Crippen LogP contribution is -2.43. The SMILES string of the molecule is CCCOc1ccc(CN(C(=O)COc2ccc(C)c(C)c2)C2CCS(=O)(=O)C2)cc1. The maximum Gasteiger partial charge on any atom is 0.261 e. The number of ether oxygens (including phenoxy) is 2. The van der Waals surface area contributed by atoms with Gasteiger partial charge in [-0.1, -0.05) is 25.1 Å². The summed E-state index contributed by atoms with van der Waals surface area (Å²) in [6.07, 6.45) is 1.39. The van der Waals surface area contributed by atoms with Gasteiger partial charge in [0.1, 0.15) is 11.5 Å². The molecule has 0 aromatic heterocycles. The smallest absolute Gasteiger partial charge is 0.261 e. The molecule has 1 unspecified atom stereocenters. The Labute approximate surface area is 185 Å². The predicted octanol–water partition coefficient (Wildman–Crippen LogP) is 3.69. The minimum absolute atomic E-state index is 0.0000739. The lowest BCUT2D eigenvalue weighted by molar-refractivity contribution is -0.136. The van der Waals surface area contributed by atoms with E-state index in [1.54, 1.807) is 4.90 Å². The first kappa shape index (κ1) is 23.1. The molecular formula is C24H31NO5S. The van der Waals surface area contributed by atoms with Crippen LogP contribution in [-0.4, -0.2) is 50.0 Å². The standard InChI is InChI=1S/C24H31NO5S/c1-4-12-29-22-9-6-20(7-10-22)15-25(21-11-13-31(27,28)17-21)24(26)16-30-23-8-5-18(2)19(3)14-23/h5-10,14,21H,4,11-13,15-17H2,1-3H3. The van der Waals surface area contributed by atoms with Gasteiger partial charge in [-0.05, 0) is 67.6 Å². The topological polar surface area (TPSA) is 72.9 Å². The monoisotopic (exact) mass is 445 g/mol. The quantitative estimate of drug-likeness (QED) is 0.589. The fourth-order valence-electron chi connectivity index (χ4n) is 3.58. The molecule has 168 valence electrons. The predicted molar refractivity (Wildman–Crippen MR) is 121 cm³/mol. The summed E-state index contributed by atoms with van der Waals surface area (Å²) in [5, 5.41) is 0. The second kappa shape index (κ2) is 10.2. The van der Waals surface area contributed by atoms with Gasteiger partial charge in [0.15, 0.2) is 16.4 Å². The van der Waals surface area contributed by atoms with Crippen molar-refractivity contribution in [2.24, 2.45) is 0 Å². The van der Waals surface area contributed by atoms with Gasteiger partial charge in [-0.15, -0.1) is 0 Å². The minimum atomic E-state index is -3.12. The van der Waals surface area contributed by atoms with Gasteiger partial charge in [-0.2, -0.15) is 0 Å². The lowest BCUT2D eigenvalue weighted by atomic mass is 10.1. The van der Waals surface area contributed by atoms with Crippen molar-refractivity contribution in [2.45, 2.75) is 46.2 Å². The minimum Gasteiger partial charge on any atom is -0.494 e. The van der Waals surface area contributed by atoms with Crippen LogP contribution in [0.5, 0.6) is 11.5 Å². The van der Waals surface area contributed by atoms with Crippen LogP contribution in [0.15, 0.2) is 42.5 Å². The van der Waals surface area contributed by atoms with Crippen LogP contribution in [0, 0.1) is 13.8 Å². The molecule has 0 radical (unpaired) electrons. The lowest BCUT2D eigenvalue weighted by Gasteiger charge is -2.28. The van der Waals surface area contributed by atoms with E-state index in [-0.39, 0.29) is 30.1 Å². The average Bonchev–Trinajstić information content (AvgIpc) is 3.11. The van der Waals surface area contributed by atoms with E-state index in [0.29, 0.717) is 25.3 Å². The number of sulfone groups is 1. The van der Waals surface area contributed by atoms with Crippen molar-refractivity contribution in [3.63, 3.8) is 0 Å². The van der Waals surface area contributed by atoms with Crippen molar-refractivity contribution in [3.05, 3.63) is 59.2 Å². The summed E-state index contributed by atoms with van der Waals surface area (Å²) in [4.78, 5) is 14.7. The fraction of sp³-hybridized carbons (Fsp3) is 0.458. The molecule has 31 heavy (non-hydrogen) atoms. The number of carbonyl (C=O) groups excluding carboxylic acids is 1. The highest BCUT2D eigenvalue weighted by Crippen LogP contribution is 2.22. The average molecular weight is 446 g/mol. The van der Waals surface area contributed by atoms with Gasteiger partial charge in [0.2, 0.25) is 0 Å². The van der Waals surface area contributed by atoms with Gasteiger partial charge >= 0.3 is 0 Å². The molecule has 1 atom stereocenters. The van der Waals surface area contributed by atoms with Gasteiger partial charge in [0, 0.05) is 12.6 Å². The van der Waals surface area contributed by atoms with Crippen molar-refractivity contribution >= 4 is 15.7 Å². The van der Waals surface area contributed by atoms with Crippen LogP contribution in [0.25, 0.3) is 0 Å². The summed E-state index contributed by atoms with van der Waals surface area (Å²) in [6, 6.07) is 13.0. The molecule has 1 saturated heterocycles. The molecule has 1 amide bonds. The van der Waals surface area contributed by atoms with Crippen LogP contribution in [0.4, 0.5) is 0 Å². The van der Waals surface area contributed by atoms with Crippen LogP contribution in [0.1, 0.15) is 36.5 Å². The van der Waals surface area contributed by atoms with E-state index in [1.807, 2.05) is 63.2 Å². The normalized spacial score (nSPS) is 17.3. The van der Waals surface area contributed by atoms with Gasteiger partial charge in [0.25, 0.3) is 5.91 Å². The number of hydrogen-bond donors (Lipinski definition) is 0. The van der Waals surface area contributed by atoms with Crippen molar-refractivity contribution in [1.82, 2.24) is 4.90 Å². The zero-order chi connectivity index (χ0) is 22.4. The molecular weight excluding hydrogens is 414 g/mol. The Morgan fingerprint density at radius 2 is 1.74 bits per heavy atom. The van der Waals surface area contributed by atoms with E-state index in [0.717, 1.165) is 28.9 Å². The van der Waals surface area contributed by atoms with E-state index in [2.05, 4.69) is 0 Å². The third-order valence-corrected chi connectivity index (χ3v) is 7.31. The summed E-state index contributed by atoms with van der Waals surface area (Å²) >= 11 is 0. The first-order chi connectivity index (χ1) is 14.8. The van der Waals surface area contributed by atoms with Crippen LogP contribution in [0.2, 0.25) is 0 Å². The second-order valence-electron chi connectivity index (χ2n) is 8.11. The number of rotatable bonds is 9. The Kier molecular flexibility index (Phi) is 7.59. The van der Waals surface area contributed by atoms with Crippen LogP contribution >= 0.6 is 0 Å². The number of benzene rings is 2. The summed E-state index contributed by atoms with van der Waals surface area (Å²) in [7, 11) is -3.12. The van der Waals surface area contributed by atoms with Crippen LogP contribution in [-0.2, 0) is 21.2 Å². The Balaban J connectivity index is 1.71. The van der Waals surface area contributed by atoms with E-state index in [9.17, 15) is 13.2 Å². The molecule has 2 aromatic rings. The highest BCUT2D eigenvalue weighted by molar-refractivity contribution is 7.91. The first-order valence-electron chi connectivity index (χ1n) is 10.7. The number of amides is 1. The summed E-state index contributed by atoms with van der Waals surface area (Å²) in [5.41, 5.74) is 3.17.